The highest BCUT2D eigenvalue weighted by Crippen LogP contribution is 2.22. The first-order valence-corrected chi connectivity index (χ1v) is 4.39. The van der Waals surface area contributed by atoms with Gasteiger partial charge in [-0.2, -0.15) is 0 Å². The number of hydrogen-bond donors (Lipinski definition) is 1. The molecule has 0 unspecified atom stereocenters. The summed E-state index contributed by atoms with van der Waals surface area (Å²) in [5.41, 5.74) is 0.366. The van der Waals surface area contributed by atoms with E-state index in [9.17, 15) is 4.79 Å². The van der Waals surface area contributed by atoms with Crippen molar-refractivity contribution in [2.45, 2.75) is 12.8 Å². The quantitative estimate of drug-likeness (QED) is 0.728. The molecular formula is C7H7ClO2S. The summed E-state index contributed by atoms with van der Waals surface area (Å²) in [6.07, 6.45) is 0. The summed E-state index contributed by atoms with van der Waals surface area (Å²) in [4.78, 5) is 12.2. The lowest BCUT2D eigenvalue weighted by atomic mass is 10.2. The third kappa shape index (κ3) is 1.73. The summed E-state index contributed by atoms with van der Waals surface area (Å²) >= 11 is 6.96. The van der Waals surface area contributed by atoms with Crippen LogP contribution in [0.4, 0.5) is 0 Å². The van der Waals surface area contributed by atoms with Gasteiger partial charge in [0.1, 0.15) is 0 Å². The van der Waals surface area contributed by atoms with E-state index in [1.165, 1.54) is 11.3 Å². The van der Waals surface area contributed by atoms with Crippen molar-refractivity contribution in [3.8, 4) is 0 Å². The number of thiophene rings is 1. The normalized spacial score (nSPS) is 10.0. The number of aryl methyl sites for hydroxylation is 1. The average molecular weight is 191 g/mol. The molecule has 1 rings (SSSR count). The molecule has 1 heterocycles. The van der Waals surface area contributed by atoms with Gasteiger partial charge in [0, 0.05) is 9.75 Å². The van der Waals surface area contributed by atoms with Crippen molar-refractivity contribution in [1.82, 2.24) is 0 Å². The Kier molecular flexibility index (Phi) is 2.52. The number of halogens is 1. The molecule has 0 atom stereocenters. The third-order valence-electron chi connectivity index (χ3n) is 1.33. The fourth-order valence-corrected chi connectivity index (χ4v) is 1.94. The van der Waals surface area contributed by atoms with E-state index in [-0.39, 0.29) is 0 Å². The van der Waals surface area contributed by atoms with E-state index in [1.807, 2.05) is 0 Å². The first-order valence-electron chi connectivity index (χ1n) is 3.03. The molecule has 11 heavy (non-hydrogen) atoms. The van der Waals surface area contributed by atoms with E-state index in [0.717, 1.165) is 9.75 Å². The van der Waals surface area contributed by atoms with E-state index >= 15 is 0 Å². The van der Waals surface area contributed by atoms with E-state index in [0.29, 0.717) is 11.4 Å². The highest BCUT2D eigenvalue weighted by Gasteiger charge is 2.10. The average Bonchev–Trinajstić information content (AvgIpc) is 2.30. The fourth-order valence-electron chi connectivity index (χ4n) is 0.822. The highest BCUT2D eigenvalue weighted by molar-refractivity contribution is 7.12. The predicted molar refractivity (Wildman–Crippen MR) is 45.6 cm³/mol. The third-order valence-corrected chi connectivity index (χ3v) is 2.83. The van der Waals surface area contributed by atoms with Gasteiger partial charge in [-0.1, -0.05) is 0 Å². The van der Waals surface area contributed by atoms with E-state index in [2.05, 4.69) is 0 Å². The summed E-state index contributed by atoms with van der Waals surface area (Å²) in [5, 5.41) is 8.64. The van der Waals surface area contributed by atoms with Crippen LogP contribution in [0, 0.1) is 6.92 Å². The van der Waals surface area contributed by atoms with Crippen molar-refractivity contribution < 1.29 is 9.90 Å². The van der Waals surface area contributed by atoms with Crippen molar-refractivity contribution in [1.29, 1.82) is 0 Å². The van der Waals surface area contributed by atoms with Crippen LogP contribution in [-0.4, -0.2) is 11.1 Å². The molecule has 60 valence electrons. The molecule has 0 aliphatic heterocycles. The molecule has 1 N–H and O–H groups in total. The molecule has 2 nitrogen and oxygen atoms in total. The van der Waals surface area contributed by atoms with E-state index in [1.54, 1.807) is 13.0 Å². The molecule has 0 aliphatic carbocycles. The standard InChI is InChI=1S/C7H7ClO2S/c1-4-6(7(9)10)2-5(3-8)11-4/h2H,3H2,1H3,(H,9,10). The SMILES string of the molecule is Cc1sc(CCl)cc1C(=O)O. The Hall–Kier alpha value is -0.540. The molecule has 0 spiro atoms. The lowest BCUT2D eigenvalue weighted by Crippen LogP contribution is -1.94. The highest BCUT2D eigenvalue weighted by atomic mass is 35.5. The number of hydrogen-bond acceptors (Lipinski definition) is 2. The molecule has 0 amide bonds. The minimum atomic E-state index is -0.880. The van der Waals surface area contributed by atoms with Crippen LogP contribution in [0.25, 0.3) is 0 Å². The maximum absolute atomic E-state index is 10.5. The molecule has 0 aromatic carbocycles. The zero-order valence-corrected chi connectivity index (χ0v) is 7.50. The summed E-state index contributed by atoms with van der Waals surface area (Å²) in [6.45, 7) is 1.78. The molecule has 0 radical (unpaired) electrons. The lowest BCUT2D eigenvalue weighted by molar-refractivity contribution is 0.0697. The second kappa shape index (κ2) is 3.24. The number of rotatable bonds is 2. The van der Waals surface area contributed by atoms with Crippen molar-refractivity contribution in [3.05, 3.63) is 21.4 Å². The van der Waals surface area contributed by atoms with Gasteiger partial charge in [-0.05, 0) is 13.0 Å². The molecule has 4 heteroatoms. The number of carbonyl (C=O) groups is 1. The van der Waals surface area contributed by atoms with Crippen LogP contribution >= 0.6 is 22.9 Å². The summed E-state index contributed by atoms with van der Waals surface area (Å²) < 4.78 is 0. The first kappa shape index (κ1) is 8.56. The zero-order valence-electron chi connectivity index (χ0n) is 5.93. The molecule has 0 aliphatic rings. The minimum absolute atomic E-state index is 0.366. The van der Waals surface area contributed by atoms with Crippen LogP contribution in [0.1, 0.15) is 20.1 Å². The first-order chi connectivity index (χ1) is 5.15. The minimum Gasteiger partial charge on any atom is -0.478 e. The molecule has 0 bridgehead atoms. The summed E-state index contributed by atoms with van der Waals surface area (Å²) in [7, 11) is 0. The van der Waals surface area contributed by atoms with Gasteiger partial charge in [-0.25, -0.2) is 4.79 Å². The van der Waals surface area contributed by atoms with Crippen LogP contribution in [0.3, 0.4) is 0 Å². The van der Waals surface area contributed by atoms with Crippen molar-refractivity contribution in [2.75, 3.05) is 0 Å². The van der Waals surface area contributed by atoms with Crippen LogP contribution in [0.5, 0.6) is 0 Å². The number of alkyl halides is 1. The second-order valence-corrected chi connectivity index (χ2v) is 3.73. The van der Waals surface area contributed by atoms with Gasteiger partial charge in [-0.3, -0.25) is 0 Å². The Morgan fingerprint density at radius 2 is 2.45 bits per heavy atom. The van der Waals surface area contributed by atoms with Gasteiger partial charge in [0.25, 0.3) is 0 Å². The summed E-state index contributed by atoms with van der Waals surface area (Å²) in [6, 6.07) is 1.62. The maximum Gasteiger partial charge on any atom is 0.336 e. The lowest BCUT2D eigenvalue weighted by Gasteiger charge is -1.86. The van der Waals surface area contributed by atoms with Crippen LogP contribution in [0.2, 0.25) is 0 Å². The second-order valence-electron chi connectivity index (χ2n) is 2.12. The summed E-state index contributed by atoms with van der Waals surface area (Å²) in [5.74, 6) is -0.492. The Labute approximate surface area is 73.4 Å². The maximum atomic E-state index is 10.5. The van der Waals surface area contributed by atoms with Crippen LogP contribution < -0.4 is 0 Å². The zero-order chi connectivity index (χ0) is 8.43. The number of carboxylic acids is 1. The molecule has 0 fully saturated rings. The van der Waals surface area contributed by atoms with Gasteiger partial charge < -0.3 is 5.11 Å². The van der Waals surface area contributed by atoms with Gasteiger partial charge >= 0.3 is 5.97 Å². The molecule has 1 aromatic rings. The molecular weight excluding hydrogens is 184 g/mol. The van der Waals surface area contributed by atoms with Crippen LogP contribution in [0.15, 0.2) is 6.07 Å². The number of aromatic carboxylic acids is 1. The Morgan fingerprint density at radius 3 is 2.73 bits per heavy atom. The van der Waals surface area contributed by atoms with Crippen molar-refractivity contribution >= 4 is 28.9 Å². The van der Waals surface area contributed by atoms with E-state index < -0.39 is 5.97 Å². The van der Waals surface area contributed by atoms with Gasteiger partial charge in [0.2, 0.25) is 0 Å². The Morgan fingerprint density at radius 1 is 1.82 bits per heavy atom. The van der Waals surface area contributed by atoms with Crippen molar-refractivity contribution in [2.24, 2.45) is 0 Å². The van der Waals surface area contributed by atoms with Gasteiger partial charge in [0.15, 0.2) is 0 Å². The van der Waals surface area contributed by atoms with E-state index in [4.69, 9.17) is 16.7 Å². The van der Waals surface area contributed by atoms with Crippen LogP contribution in [-0.2, 0) is 5.88 Å². The largest absolute Gasteiger partial charge is 0.478 e. The topological polar surface area (TPSA) is 37.3 Å². The van der Waals surface area contributed by atoms with Gasteiger partial charge in [0.05, 0.1) is 11.4 Å². The fraction of sp³-hybridized carbons (Fsp3) is 0.286. The predicted octanol–water partition coefficient (Wildman–Crippen LogP) is 2.49. The molecule has 0 saturated carbocycles. The molecule has 1 aromatic heterocycles. The van der Waals surface area contributed by atoms with Gasteiger partial charge in [-0.15, -0.1) is 22.9 Å². The molecule has 0 saturated heterocycles. The number of carboxylic acid groups (broad SMARTS) is 1. The Balaban J connectivity index is 3.07. The Bertz CT molecular complexity index is 280. The van der Waals surface area contributed by atoms with Crippen molar-refractivity contribution in [3.63, 3.8) is 0 Å². The smallest absolute Gasteiger partial charge is 0.336 e. The monoisotopic (exact) mass is 190 g/mol.